The Bertz CT molecular complexity index is 610. The zero-order valence-corrected chi connectivity index (χ0v) is 12.2. The van der Waals surface area contributed by atoms with E-state index in [2.05, 4.69) is 0 Å². The van der Waals surface area contributed by atoms with Crippen LogP contribution < -0.4 is 0 Å². The minimum Gasteiger partial charge on any atom is -0.383 e. The normalized spacial score (nSPS) is 12.5. The fourth-order valence-corrected chi connectivity index (χ4v) is 2.19. The van der Waals surface area contributed by atoms with Crippen molar-refractivity contribution in [3.8, 4) is 0 Å². The quantitative estimate of drug-likeness (QED) is 0.742. The van der Waals surface area contributed by atoms with Crippen LogP contribution in [0, 0.1) is 21.0 Å². The molecule has 100 valence electrons. The van der Waals surface area contributed by atoms with Gasteiger partial charge in [0.15, 0.2) is 0 Å². The van der Waals surface area contributed by atoms with Crippen LogP contribution in [0.25, 0.3) is 0 Å². The molecule has 1 nitrogen and oxygen atoms in total. The molecular formula is C13H7ClF3IO. The molecule has 2 rings (SSSR count). The molecule has 0 aliphatic rings. The van der Waals surface area contributed by atoms with Crippen LogP contribution in [-0.4, -0.2) is 5.11 Å². The van der Waals surface area contributed by atoms with Crippen molar-refractivity contribution in [2.75, 3.05) is 0 Å². The molecule has 2 aromatic carbocycles. The molecule has 0 aromatic heterocycles. The number of halogens is 5. The zero-order valence-electron chi connectivity index (χ0n) is 9.30. The summed E-state index contributed by atoms with van der Waals surface area (Å²) in [7, 11) is 0. The standard InChI is InChI=1S/C13H7ClF3IO/c14-8-3-6(1-2-11(8)18)13(19)12-9(16)4-7(15)5-10(12)17/h1-5,13,19H. The van der Waals surface area contributed by atoms with Crippen LogP contribution in [0.4, 0.5) is 13.2 Å². The molecule has 6 heteroatoms. The minimum absolute atomic E-state index is 0.231. The van der Waals surface area contributed by atoms with E-state index in [0.717, 1.165) is 3.57 Å². The van der Waals surface area contributed by atoms with Crippen LogP contribution in [0.15, 0.2) is 30.3 Å². The van der Waals surface area contributed by atoms with Crippen molar-refractivity contribution in [1.82, 2.24) is 0 Å². The number of hydrogen-bond donors (Lipinski definition) is 1. The third-order valence-electron chi connectivity index (χ3n) is 2.58. The Morgan fingerprint density at radius 2 is 1.63 bits per heavy atom. The zero-order chi connectivity index (χ0) is 14.2. The Labute approximate surface area is 126 Å². The first-order valence-corrected chi connectivity index (χ1v) is 6.63. The van der Waals surface area contributed by atoms with E-state index in [1.54, 1.807) is 6.07 Å². The van der Waals surface area contributed by atoms with Gasteiger partial charge in [0, 0.05) is 15.7 Å². The van der Waals surface area contributed by atoms with Gasteiger partial charge in [-0.2, -0.15) is 0 Å². The molecule has 1 N–H and O–H groups in total. The number of hydrogen-bond acceptors (Lipinski definition) is 1. The van der Waals surface area contributed by atoms with Crippen molar-refractivity contribution in [2.45, 2.75) is 6.10 Å². The molecule has 2 aromatic rings. The van der Waals surface area contributed by atoms with Crippen LogP contribution in [0.5, 0.6) is 0 Å². The van der Waals surface area contributed by atoms with Gasteiger partial charge in [0.1, 0.15) is 23.6 Å². The molecule has 19 heavy (non-hydrogen) atoms. The average molecular weight is 399 g/mol. The van der Waals surface area contributed by atoms with Gasteiger partial charge in [0.05, 0.1) is 10.6 Å². The third kappa shape index (κ3) is 3.04. The predicted molar refractivity (Wildman–Crippen MR) is 74.5 cm³/mol. The summed E-state index contributed by atoms with van der Waals surface area (Å²) in [6.45, 7) is 0. The second kappa shape index (κ2) is 5.68. The van der Waals surface area contributed by atoms with Crippen molar-refractivity contribution in [3.05, 3.63) is 67.5 Å². The summed E-state index contributed by atoms with van der Waals surface area (Å²) >= 11 is 7.87. The lowest BCUT2D eigenvalue weighted by molar-refractivity contribution is 0.208. The van der Waals surface area contributed by atoms with E-state index in [-0.39, 0.29) is 5.56 Å². The highest BCUT2D eigenvalue weighted by atomic mass is 127. The lowest BCUT2D eigenvalue weighted by Crippen LogP contribution is -2.06. The molecule has 0 saturated carbocycles. The Balaban J connectivity index is 2.49. The lowest BCUT2D eigenvalue weighted by atomic mass is 10.0. The second-order valence-electron chi connectivity index (χ2n) is 3.86. The van der Waals surface area contributed by atoms with Gasteiger partial charge in [-0.05, 0) is 40.3 Å². The molecular weight excluding hydrogens is 391 g/mol. The molecule has 0 aliphatic carbocycles. The Morgan fingerprint density at radius 3 is 2.16 bits per heavy atom. The Morgan fingerprint density at radius 1 is 1.05 bits per heavy atom. The van der Waals surface area contributed by atoms with Gasteiger partial charge in [-0.1, -0.05) is 17.7 Å². The van der Waals surface area contributed by atoms with Gasteiger partial charge in [0.25, 0.3) is 0 Å². The summed E-state index contributed by atoms with van der Waals surface area (Å²) in [5.41, 5.74) is -0.367. The summed E-state index contributed by atoms with van der Waals surface area (Å²) in [4.78, 5) is 0. The maximum atomic E-state index is 13.6. The summed E-state index contributed by atoms with van der Waals surface area (Å²) < 4.78 is 40.7. The van der Waals surface area contributed by atoms with Crippen LogP contribution >= 0.6 is 34.2 Å². The van der Waals surface area contributed by atoms with Crippen molar-refractivity contribution >= 4 is 34.2 Å². The summed E-state index contributed by atoms with van der Waals surface area (Å²) in [5, 5.41) is 10.4. The molecule has 0 radical (unpaired) electrons. The lowest BCUT2D eigenvalue weighted by Gasteiger charge is -2.14. The minimum atomic E-state index is -1.55. The maximum absolute atomic E-state index is 13.6. The Hall–Kier alpha value is -0.790. The fraction of sp³-hybridized carbons (Fsp3) is 0.0769. The summed E-state index contributed by atoms with van der Waals surface area (Å²) in [6.07, 6.45) is -1.55. The predicted octanol–water partition coefficient (Wildman–Crippen LogP) is 4.44. The third-order valence-corrected chi connectivity index (χ3v) is 4.15. The van der Waals surface area contributed by atoms with Crippen LogP contribution in [0.3, 0.4) is 0 Å². The van der Waals surface area contributed by atoms with Crippen LogP contribution in [-0.2, 0) is 0 Å². The molecule has 1 unspecified atom stereocenters. The van der Waals surface area contributed by atoms with Crippen molar-refractivity contribution < 1.29 is 18.3 Å². The average Bonchev–Trinajstić information content (AvgIpc) is 2.31. The fourth-order valence-electron chi connectivity index (χ4n) is 1.66. The van der Waals surface area contributed by atoms with Crippen LogP contribution in [0.2, 0.25) is 5.02 Å². The first-order chi connectivity index (χ1) is 8.90. The number of aliphatic hydroxyl groups excluding tert-OH is 1. The maximum Gasteiger partial charge on any atom is 0.135 e. The monoisotopic (exact) mass is 398 g/mol. The number of rotatable bonds is 2. The van der Waals surface area contributed by atoms with E-state index >= 15 is 0 Å². The SMILES string of the molecule is OC(c1ccc(I)c(Cl)c1)c1c(F)cc(F)cc1F. The van der Waals surface area contributed by atoms with E-state index in [1.165, 1.54) is 12.1 Å². The molecule has 0 spiro atoms. The molecule has 0 heterocycles. The molecule has 0 amide bonds. The van der Waals surface area contributed by atoms with Crippen molar-refractivity contribution in [2.24, 2.45) is 0 Å². The van der Waals surface area contributed by atoms with Gasteiger partial charge in [0.2, 0.25) is 0 Å². The smallest absolute Gasteiger partial charge is 0.135 e. The van der Waals surface area contributed by atoms with Crippen LogP contribution in [0.1, 0.15) is 17.2 Å². The van der Waals surface area contributed by atoms with E-state index in [4.69, 9.17) is 11.6 Å². The molecule has 0 aliphatic heterocycles. The molecule has 0 saturated heterocycles. The summed E-state index contributed by atoms with van der Waals surface area (Å²) in [5.74, 6) is -3.31. The van der Waals surface area contributed by atoms with Crippen molar-refractivity contribution in [3.63, 3.8) is 0 Å². The first-order valence-electron chi connectivity index (χ1n) is 5.17. The summed E-state index contributed by atoms with van der Waals surface area (Å²) in [6, 6.07) is 5.57. The molecule has 1 atom stereocenters. The largest absolute Gasteiger partial charge is 0.383 e. The number of aliphatic hydroxyl groups is 1. The van der Waals surface area contributed by atoms with Crippen molar-refractivity contribution in [1.29, 1.82) is 0 Å². The van der Waals surface area contributed by atoms with E-state index in [0.29, 0.717) is 17.2 Å². The highest BCUT2D eigenvalue weighted by Gasteiger charge is 2.21. The van der Waals surface area contributed by atoms with E-state index in [1.807, 2.05) is 22.6 Å². The topological polar surface area (TPSA) is 20.2 Å². The van der Waals surface area contributed by atoms with Gasteiger partial charge in [-0.25, -0.2) is 13.2 Å². The molecule has 0 fully saturated rings. The highest BCUT2D eigenvalue weighted by molar-refractivity contribution is 14.1. The van der Waals surface area contributed by atoms with E-state index in [9.17, 15) is 18.3 Å². The van der Waals surface area contributed by atoms with Gasteiger partial charge >= 0.3 is 0 Å². The second-order valence-corrected chi connectivity index (χ2v) is 5.43. The first kappa shape index (κ1) is 14.6. The van der Waals surface area contributed by atoms with Gasteiger partial charge in [-0.3, -0.25) is 0 Å². The Kier molecular flexibility index (Phi) is 4.37. The highest BCUT2D eigenvalue weighted by Crippen LogP contribution is 2.30. The molecule has 0 bridgehead atoms. The van der Waals surface area contributed by atoms with Gasteiger partial charge in [-0.15, -0.1) is 0 Å². The van der Waals surface area contributed by atoms with Gasteiger partial charge < -0.3 is 5.11 Å². The number of benzene rings is 2. The van der Waals surface area contributed by atoms with E-state index < -0.39 is 29.1 Å².